The maximum atomic E-state index is 10.5. The third-order valence-corrected chi connectivity index (χ3v) is 3.50. The van der Waals surface area contributed by atoms with E-state index in [-0.39, 0.29) is 6.42 Å². The standard InChI is InChI=1S/C12H15N3O2S/c1-8(2)15-7-13-5-10(15)12-14-9(6-18-12)3-4-11(16)17/h5-8H,3-4H2,1-2H3,(H,16,17). The molecule has 0 radical (unpaired) electrons. The highest BCUT2D eigenvalue weighted by Crippen LogP contribution is 2.26. The van der Waals surface area contributed by atoms with E-state index in [1.807, 2.05) is 5.38 Å². The topological polar surface area (TPSA) is 68.0 Å². The second-order valence-corrected chi connectivity index (χ2v) is 5.18. The summed E-state index contributed by atoms with van der Waals surface area (Å²) in [7, 11) is 0. The first-order chi connectivity index (χ1) is 8.58. The average Bonchev–Trinajstić information content (AvgIpc) is 2.94. The van der Waals surface area contributed by atoms with Gasteiger partial charge < -0.3 is 9.67 Å². The van der Waals surface area contributed by atoms with E-state index in [9.17, 15) is 4.79 Å². The molecule has 5 nitrogen and oxygen atoms in total. The number of rotatable bonds is 5. The minimum Gasteiger partial charge on any atom is -0.481 e. The minimum atomic E-state index is -0.795. The highest BCUT2D eigenvalue weighted by Gasteiger charge is 2.12. The van der Waals surface area contributed by atoms with E-state index in [4.69, 9.17) is 5.11 Å². The summed E-state index contributed by atoms with van der Waals surface area (Å²) in [6, 6.07) is 0.328. The van der Waals surface area contributed by atoms with Gasteiger partial charge >= 0.3 is 5.97 Å². The number of carbonyl (C=O) groups is 1. The van der Waals surface area contributed by atoms with Crippen LogP contribution in [0.4, 0.5) is 0 Å². The number of nitrogens with zero attached hydrogens (tertiary/aromatic N) is 3. The molecular formula is C12H15N3O2S. The monoisotopic (exact) mass is 265 g/mol. The fourth-order valence-corrected chi connectivity index (χ4v) is 2.52. The molecule has 0 aliphatic heterocycles. The molecule has 2 rings (SSSR count). The lowest BCUT2D eigenvalue weighted by molar-refractivity contribution is -0.136. The molecule has 0 aliphatic carbocycles. The van der Waals surface area contributed by atoms with Crippen molar-refractivity contribution < 1.29 is 9.90 Å². The van der Waals surface area contributed by atoms with Gasteiger partial charge in [-0.25, -0.2) is 9.97 Å². The van der Waals surface area contributed by atoms with Crippen molar-refractivity contribution in [3.63, 3.8) is 0 Å². The molecule has 96 valence electrons. The molecule has 0 atom stereocenters. The molecule has 0 fully saturated rings. The Hall–Kier alpha value is -1.69. The summed E-state index contributed by atoms with van der Waals surface area (Å²) >= 11 is 1.53. The number of carboxylic acid groups (broad SMARTS) is 1. The van der Waals surface area contributed by atoms with Gasteiger partial charge in [-0.2, -0.15) is 0 Å². The van der Waals surface area contributed by atoms with E-state index in [0.717, 1.165) is 16.4 Å². The number of hydrogen-bond donors (Lipinski definition) is 1. The van der Waals surface area contributed by atoms with Crippen molar-refractivity contribution >= 4 is 17.3 Å². The van der Waals surface area contributed by atoms with Gasteiger partial charge in [-0.15, -0.1) is 11.3 Å². The van der Waals surface area contributed by atoms with Crippen molar-refractivity contribution in [3.8, 4) is 10.7 Å². The van der Waals surface area contributed by atoms with Gasteiger partial charge in [-0.3, -0.25) is 4.79 Å². The van der Waals surface area contributed by atoms with Crippen molar-refractivity contribution in [1.29, 1.82) is 0 Å². The van der Waals surface area contributed by atoms with Crippen molar-refractivity contribution in [3.05, 3.63) is 23.6 Å². The van der Waals surface area contributed by atoms with Gasteiger partial charge in [-0.1, -0.05) is 0 Å². The Kier molecular flexibility index (Phi) is 3.76. The smallest absolute Gasteiger partial charge is 0.303 e. The highest BCUT2D eigenvalue weighted by atomic mass is 32.1. The van der Waals surface area contributed by atoms with E-state index in [2.05, 4.69) is 28.4 Å². The van der Waals surface area contributed by atoms with Crippen molar-refractivity contribution in [2.45, 2.75) is 32.7 Å². The highest BCUT2D eigenvalue weighted by molar-refractivity contribution is 7.13. The summed E-state index contributed by atoms with van der Waals surface area (Å²) in [5.41, 5.74) is 1.81. The summed E-state index contributed by atoms with van der Waals surface area (Å²) in [4.78, 5) is 19.1. The number of hydrogen-bond acceptors (Lipinski definition) is 4. The number of thiazole rings is 1. The fourth-order valence-electron chi connectivity index (χ4n) is 1.66. The van der Waals surface area contributed by atoms with E-state index in [0.29, 0.717) is 12.5 Å². The predicted molar refractivity (Wildman–Crippen MR) is 69.7 cm³/mol. The molecule has 2 aromatic heterocycles. The van der Waals surface area contributed by atoms with Crippen LogP contribution in [0.5, 0.6) is 0 Å². The molecule has 0 saturated carbocycles. The summed E-state index contributed by atoms with van der Waals surface area (Å²) in [6.45, 7) is 4.17. The third-order valence-electron chi connectivity index (χ3n) is 2.59. The summed E-state index contributed by atoms with van der Waals surface area (Å²) in [5, 5.41) is 11.4. The molecular weight excluding hydrogens is 250 g/mol. The lowest BCUT2D eigenvalue weighted by atomic mass is 10.2. The predicted octanol–water partition coefficient (Wildman–Crippen LogP) is 2.60. The van der Waals surface area contributed by atoms with Gasteiger partial charge in [0.2, 0.25) is 0 Å². The molecule has 0 unspecified atom stereocenters. The third kappa shape index (κ3) is 2.76. The van der Waals surface area contributed by atoms with Crippen LogP contribution < -0.4 is 0 Å². The number of aromatic nitrogens is 3. The van der Waals surface area contributed by atoms with Crippen LogP contribution >= 0.6 is 11.3 Å². The second-order valence-electron chi connectivity index (χ2n) is 4.32. The van der Waals surface area contributed by atoms with Crippen molar-refractivity contribution in [2.24, 2.45) is 0 Å². The Morgan fingerprint density at radius 1 is 1.56 bits per heavy atom. The van der Waals surface area contributed by atoms with Gasteiger partial charge in [0.15, 0.2) is 0 Å². The number of imidazole rings is 1. The van der Waals surface area contributed by atoms with Gasteiger partial charge in [0.1, 0.15) is 5.01 Å². The fraction of sp³-hybridized carbons (Fsp3) is 0.417. The van der Waals surface area contributed by atoms with E-state index < -0.39 is 5.97 Å². The first-order valence-electron chi connectivity index (χ1n) is 5.76. The number of carboxylic acids is 1. The Bertz CT molecular complexity index is 545. The van der Waals surface area contributed by atoms with Crippen LogP contribution in [0, 0.1) is 0 Å². The van der Waals surface area contributed by atoms with Crippen LogP contribution in [-0.2, 0) is 11.2 Å². The molecule has 0 amide bonds. The molecule has 2 heterocycles. The molecule has 0 spiro atoms. The molecule has 0 saturated heterocycles. The first-order valence-corrected chi connectivity index (χ1v) is 6.64. The zero-order valence-corrected chi connectivity index (χ0v) is 11.1. The quantitative estimate of drug-likeness (QED) is 0.902. The summed E-state index contributed by atoms with van der Waals surface area (Å²) in [5.74, 6) is -0.795. The Morgan fingerprint density at radius 2 is 2.33 bits per heavy atom. The van der Waals surface area contributed by atoms with Crippen molar-refractivity contribution in [2.75, 3.05) is 0 Å². The number of aryl methyl sites for hydroxylation is 1. The van der Waals surface area contributed by atoms with Crippen LogP contribution in [0.1, 0.15) is 32.0 Å². The molecule has 6 heteroatoms. The largest absolute Gasteiger partial charge is 0.481 e. The Morgan fingerprint density at radius 3 is 3.00 bits per heavy atom. The van der Waals surface area contributed by atoms with Gasteiger partial charge in [0.05, 0.1) is 30.3 Å². The van der Waals surface area contributed by atoms with E-state index in [1.165, 1.54) is 11.3 Å². The zero-order valence-electron chi connectivity index (χ0n) is 10.3. The van der Waals surface area contributed by atoms with Gasteiger partial charge in [-0.05, 0) is 13.8 Å². The molecule has 0 aromatic carbocycles. The van der Waals surface area contributed by atoms with Crippen LogP contribution in [0.25, 0.3) is 10.7 Å². The lowest BCUT2D eigenvalue weighted by Gasteiger charge is -2.09. The van der Waals surface area contributed by atoms with Crippen LogP contribution in [0.15, 0.2) is 17.9 Å². The maximum Gasteiger partial charge on any atom is 0.303 e. The van der Waals surface area contributed by atoms with Crippen molar-refractivity contribution in [1.82, 2.24) is 14.5 Å². The molecule has 2 aromatic rings. The second kappa shape index (κ2) is 5.30. The minimum absolute atomic E-state index is 0.118. The summed E-state index contributed by atoms with van der Waals surface area (Å²) < 4.78 is 2.06. The maximum absolute atomic E-state index is 10.5. The lowest BCUT2D eigenvalue weighted by Crippen LogP contribution is -2.01. The number of aliphatic carboxylic acids is 1. The van der Waals surface area contributed by atoms with Gasteiger partial charge in [0.25, 0.3) is 0 Å². The molecule has 0 bridgehead atoms. The summed E-state index contributed by atoms with van der Waals surface area (Å²) in [6.07, 6.45) is 4.17. The average molecular weight is 265 g/mol. The first kappa shape index (κ1) is 12.8. The zero-order chi connectivity index (χ0) is 13.1. The molecule has 0 aliphatic rings. The SMILES string of the molecule is CC(C)n1cncc1-c1nc(CCC(=O)O)cs1. The Labute approximate surface area is 109 Å². The Balaban J connectivity index is 2.19. The molecule has 1 N–H and O–H groups in total. The van der Waals surface area contributed by atoms with Crippen LogP contribution in [-0.4, -0.2) is 25.6 Å². The van der Waals surface area contributed by atoms with Crippen LogP contribution in [0.3, 0.4) is 0 Å². The molecule has 18 heavy (non-hydrogen) atoms. The van der Waals surface area contributed by atoms with Crippen LogP contribution in [0.2, 0.25) is 0 Å². The van der Waals surface area contributed by atoms with Gasteiger partial charge in [0, 0.05) is 17.8 Å². The van der Waals surface area contributed by atoms with E-state index >= 15 is 0 Å². The van der Waals surface area contributed by atoms with E-state index in [1.54, 1.807) is 12.5 Å². The normalized spacial score (nSPS) is 11.1.